The first kappa shape index (κ1) is 14.2. The van der Waals surface area contributed by atoms with Crippen LogP contribution < -0.4 is 0 Å². The third-order valence-electron chi connectivity index (χ3n) is 3.20. The number of benzene rings is 2. The third kappa shape index (κ3) is 2.57. The molecular weight excluding hydrogens is 314 g/mol. The van der Waals surface area contributed by atoms with Crippen molar-refractivity contribution >= 4 is 38.8 Å². The monoisotopic (exact) mass is 322 g/mol. The Morgan fingerprint density at radius 1 is 1.14 bits per heavy atom. The van der Waals surface area contributed by atoms with Gasteiger partial charge in [0.25, 0.3) is 0 Å². The zero-order chi connectivity index (χ0) is 15.1. The highest BCUT2D eigenvalue weighted by atomic mass is 35.5. The van der Waals surface area contributed by atoms with Gasteiger partial charge in [-0.25, -0.2) is 8.78 Å². The first-order valence-electron chi connectivity index (χ1n) is 6.15. The van der Waals surface area contributed by atoms with Crippen LogP contribution in [0, 0.1) is 18.6 Å². The summed E-state index contributed by atoms with van der Waals surface area (Å²) >= 11 is 7.15. The Labute approximate surface area is 128 Å². The lowest BCUT2D eigenvalue weighted by atomic mass is 10.1. The molecule has 1 nitrogen and oxygen atoms in total. The number of rotatable bonds is 2. The predicted molar refractivity (Wildman–Crippen MR) is 81.4 cm³/mol. The highest BCUT2D eigenvalue weighted by Gasteiger charge is 2.17. The Hall–Kier alpha value is -1.78. The van der Waals surface area contributed by atoms with Gasteiger partial charge in [0.05, 0.1) is 9.90 Å². The number of aryl methyl sites for hydroxylation is 1. The van der Waals surface area contributed by atoms with Crippen LogP contribution >= 0.6 is 22.9 Å². The molecule has 0 saturated heterocycles. The summed E-state index contributed by atoms with van der Waals surface area (Å²) in [5, 5.41) is 0.867. The van der Waals surface area contributed by atoms with E-state index in [4.69, 9.17) is 11.6 Å². The van der Waals surface area contributed by atoms with Crippen LogP contribution in [0.5, 0.6) is 0 Å². The van der Waals surface area contributed by atoms with Gasteiger partial charge in [-0.15, -0.1) is 11.3 Å². The third-order valence-corrected chi connectivity index (χ3v) is 4.61. The van der Waals surface area contributed by atoms with Gasteiger partial charge >= 0.3 is 0 Å². The van der Waals surface area contributed by atoms with Crippen LogP contribution in [0.4, 0.5) is 8.78 Å². The highest BCUT2D eigenvalue weighted by molar-refractivity contribution is 7.21. The average Bonchev–Trinajstić information content (AvgIpc) is 2.85. The molecule has 0 unspecified atom stereocenters. The van der Waals surface area contributed by atoms with Crippen molar-refractivity contribution in [3.8, 4) is 0 Å². The van der Waals surface area contributed by atoms with Gasteiger partial charge in [0.2, 0.25) is 5.78 Å². The van der Waals surface area contributed by atoms with E-state index in [1.54, 1.807) is 19.1 Å². The summed E-state index contributed by atoms with van der Waals surface area (Å²) < 4.78 is 27.3. The molecule has 21 heavy (non-hydrogen) atoms. The lowest BCUT2D eigenvalue weighted by Crippen LogP contribution is -2.01. The number of fused-ring (bicyclic) bond motifs is 1. The smallest absolute Gasteiger partial charge is 0.204 e. The topological polar surface area (TPSA) is 17.1 Å². The predicted octanol–water partition coefficient (Wildman–Crippen LogP) is 5.37. The van der Waals surface area contributed by atoms with Crippen LogP contribution in [-0.2, 0) is 0 Å². The molecular formula is C16H9ClF2OS. The van der Waals surface area contributed by atoms with Gasteiger partial charge in [-0.2, -0.15) is 0 Å². The van der Waals surface area contributed by atoms with E-state index in [0.29, 0.717) is 15.1 Å². The quantitative estimate of drug-likeness (QED) is 0.579. The Morgan fingerprint density at radius 3 is 2.67 bits per heavy atom. The first-order valence-corrected chi connectivity index (χ1v) is 7.34. The molecule has 0 bridgehead atoms. The van der Waals surface area contributed by atoms with Crippen LogP contribution in [0.1, 0.15) is 20.8 Å². The van der Waals surface area contributed by atoms with Crippen molar-refractivity contribution < 1.29 is 13.6 Å². The molecule has 0 fully saturated rings. The zero-order valence-electron chi connectivity index (χ0n) is 10.9. The summed E-state index contributed by atoms with van der Waals surface area (Å²) in [6.07, 6.45) is 0. The molecule has 0 N–H and O–H groups in total. The summed E-state index contributed by atoms with van der Waals surface area (Å²) in [4.78, 5) is 12.9. The standard InChI is InChI=1S/C16H9ClF2OS/c1-8-4-11(12(17)7-13(8)19)16(20)15-5-9-2-3-10(18)6-14(9)21-15/h2-7H,1H3. The summed E-state index contributed by atoms with van der Waals surface area (Å²) in [6.45, 7) is 1.57. The molecule has 1 heterocycles. The van der Waals surface area contributed by atoms with Gasteiger partial charge in [0.1, 0.15) is 11.6 Å². The number of hydrogen-bond donors (Lipinski definition) is 0. The molecule has 5 heteroatoms. The fraction of sp³-hybridized carbons (Fsp3) is 0.0625. The Kier molecular flexibility index (Phi) is 3.51. The summed E-state index contributed by atoms with van der Waals surface area (Å²) in [6, 6.07) is 8.61. The molecule has 2 aromatic carbocycles. The summed E-state index contributed by atoms with van der Waals surface area (Å²) in [5.41, 5.74) is 0.609. The Bertz CT molecular complexity index is 870. The van der Waals surface area contributed by atoms with Crippen molar-refractivity contribution in [2.75, 3.05) is 0 Å². The number of halogens is 3. The molecule has 0 amide bonds. The lowest BCUT2D eigenvalue weighted by molar-refractivity contribution is 0.104. The van der Waals surface area contributed by atoms with Crippen LogP contribution in [0.15, 0.2) is 36.4 Å². The van der Waals surface area contributed by atoms with E-state index < -0.39 is 5.82 Å². The fourth-order valence-corrected chi connectivity index (χ4v) is 3.36. The number of thiophene rings is 1. The van der Waals surface area contributed by atoms with Crippen molar-refractivity contribution in [2.45, 2.75) is 6.92 Å². The molecule has 0 saturated carbocycles. The van der Waals surface area contributed by atoms with Crippen molar-refractivity contribution in [1.29, 1.82) is 0 Å². The molecule has 0 atom stereocenters. The van der Waals surface area contributed by atoms with E-state index >= 15 is 0 Å². The maximum absolute atomic E-state index is 13.4. The molecule has 0 aliphatic carbocycles. The molecule has 0 aliphatic heterocycles. The second-order valence-electron chi connectivity index (χ2n) is 4.70. The maximum Gasteiger partial charge on any atom is 0.204 e. The van der Waals surface area contributed by atoms with E-state index in [-0.39, 0.29) is 22.2 Å². The highest BCUT2D eigenvalue weighted by Crippen LogP contribution is 2.30. The van der Waals surface area contributed by atoms with E-state index in [9.17, 15) is 13.6 Å². The molecule has 1 aromatic heterocycles. The maximum atomic E-state index is 13.4. The van der Waals surface area contributed by atoms with Gasteiger partial charge < -0.3 is 0 Å². The van der Waals surface area contributed by atoms with E-state index in [0.717, 1.165) is 11.5 Å². The number of hydrogen-bond acceptors (Lipinski definition) is 2. The van der Waals surface area contributed by atoms with E-state index in [2.05, 4.69) is 0 Å². The molecule has 3 aromatic rings. The van der Waals surface area contributed by atoms with Crippen LogP contribution in [-0.4, -0.2) is 5.78 Å². The number of carbonyl (C=O) groups is 1. The van der Waals surface area contributed by atoms with Crippen molar-refractivity contribution in [3.63, 3.8) is 0 Å². The van der Waals surface area contributed by atoms with Gasteiger partial charge in [-0.3, -0.25) is 4.79 Å². The molecule has 0 radical (unpaired) electrons. The van der Waals surface area contributed by atoms with E-state index in [1.807, 2.05) is 0 Å². The number of ketones is 1. The van der Waals surface area contributed by atoms with Crippen molar-refractivity contribution in [1.82, 2.24) is 0 Å². The lowest BCUT2D eigenvalue weighted by Gasteiger charge is -2.04. The summed E-state index contributed by atoms with van der Waals surface area (Å²) in [7, 11) is 0. The first-order chi connectivity index (χ1) is 9.95. The van der Waals surface area contributed by atoms with Gasteiger partial charge in [-0.1, -0.05) is 17.7 Å². The van der Waals surface area contributed by atoms with Crippen molar-refractivity contribution in [3.05, 3.63) is 69.1 Å². The van der Waals surface area contributed by atoms with Crippen molar-refractivity contribution in [2.24, 2.45) is 0 Å². The van der Waals surface area contributed by atoms with E-state index in [1.165, 1.54) is 29.5 Å². The normalized spacial score (nSPS) is 11.0. The largest absolute Gasteiger partial charge is 0.288 e. The van der Waals surface area contributed by atoms with Crippen LogP contribution in [0.25, 0.3) is 10.1 Å². The second kappa shape index (κ2) is 5.20. The molecule has 3 rings (SSSR count). The minimum Gasteiger partial charge on any atom is -0.288 e. The molecule has 106 valence electrons. The minimum atomic E-state index is -0.449. The molecule has 0 spiro atoms. The van der Waals surface area contributed by atoms with Gasteiger partial charge in [0, 0.05) is 10.3 Å². The minimum absolute atomic E-state index is 0.0757. The van der Waals surface area contributed by atoms with Crippen LogP contribution in [0.3, 0.4) is 0 Å². The Morgan fingerprint density at radius 2 is 1.90 bits per heavy atom. The zero-order valence-corrected chi connectivity index (χ0v) is 12.5. The SMILES string of the molecule is Cc1cc(C(=O)c2cc3ccc(F)cc3s2)c(Cl)cc1F. The average molecular weight is 323 g/mol. The van der Waals surface area contributed by atoms with Gasteiger partial charge in [-0.05, 0) is 48.2 Å². The fourth-order valence-electron chi connectivity index (χ4n) is 2.08. The van der Waals surface area contributed by atoms with Gasteiger partial charge in [0.15, 0.2) is 0 Å². The summed E-state index contributed by atoms with van der Waals surface area (Å²) in [5.74, 6) is -1.08. The second-order valence-corrected chi connectivity index (χ2v) is 6.19. The Balaban J connectivity index is 2.10. The molecule has 0 aliphatic rings. The van der Waals surface area contributed by atoms with Crippen LogP contribution in [0.2, 0.25) is 5.02 Å². The number of carbonyl (C=O) groups excluding carboxylic acids is 1.